The summed E-state index contributed by atoms with van der Waals surface area (Å²) in [5.41, 5.74) is 0. The topological polar surface area (TPSA) is 155 Å². The summed E-state index contributed by atoms with van der Waals surface area (Å²) < 4.78 is 39.4. The maximum atomic E-state index is 12.9. The second-order valence-electron chi connectivity index (χ2n) is 19.1. The van der Waals surface area contributed by atoms with Gasteiger partial charge in [0, 0.05) is 12.8 Å². The highest BCUT2D eigenvalue weighted by atomic mass is 31.2. The molecule has 0 saturated carbocycles. The molecule has 0 radical (unpaired) electrons. The molecule has 12 heteroatoms. The van der Waals surface area contributed by atoms with E-state index in [2.05, 4.69) is 93.7 Å². The lowest BCUT2D eigenvalue weighted by Crippen LogP contribution is -2.30. The normalized spacial score (nSPS) is 14.1. The Morgan fingerprint density at radius 3 is 1.23 bits per heavy atom. The molecule has 0 amide bonds. The first-order valence-electron chi connectivity index (χ1n) is 29.1. The lowest BCUT2D eigenvalue weighted by Gasteiger charge is -2.21. The Kier molecular flexibility index (Phi) is 52.9. The molecule has 3 unspecified atom stereocenters. The summed E-state index contributed by atoms with van der Waals surface area (Å²) in [6.45, 7) is 4.37. The lowest BCUT2D eigenvalue weighted by atomic mass is 10.1. The highest BCUT2D eigenvalue weighted by Gasteiger charge is 2.28. The van der Waals surface area contributed by atoms with E-state index in [1.54, 1.807) is 6.08 Å². The van der Waals surface area contributed by atoms with Crippen LogP contribution >= 0.6 is 7.82 Å². The number of hydrogen-bond donors (Lipinski definition) is 2. The Morgan fingerprint density at radius 1 is 0.405 bits per heavy atom. The molecule has 11 nitrogen and oxygen atoms in total. The Labute approximate surface area is 451 Å². The number of unbranched alkanes of at least 4 members (excludes halogenated alkanes) is 21. The van der Waals surface area contributed by atoms with Crippen molar-refractivity contribution >= 4 is 25.7 Å². The minimum absolute atomic E-state index is 0.0701. The predicted molar refractivity (Wildman–Crippen MR) is 307 cm³/mol. The second-order valence-corrected chi connectivity index (χ2v) is 20.5. The first-order chi connectivity index (χ1) is 36.2. The maximum absolute atomic E-state index is 12.9. The molecule has 0 fully saturated rings. The number of aliphatic hydroxyl groups excluding tert-OH is 1. The summed E-state index contributed by atoms with van der Waals surface area (Å²) in [5.74, 6) is -1.64. The number of esters is 3. The van der Waals surface area contributed by atoms with E-state index in [1.165, 1.54) is 77.0 Å². The van der Waals surface area contributed by atoms with Crippen molar-refractivity contribution in [3.63, 3.8) is 0 Å². The number of hydrogen-bond acceptors (Lipinski definition) is 10. The van der Waals surface area contributed by atoms with Crippen molar-refractivity contribution in [3.05, 3.63) is 97.2 Å². The average molecular weight is 1060 g/mol. The maximum Gasteiger partial charge on any atom is 0.472 e. The van der Waals surface area contributed by atoms with Gasteiger partial charge in [0.25, 0.3) is 0 Å². The molecule has 0 saturated heterocycles. The molecule has 0 aromatic carbocycles. The fourth-order valence-corrected chi connectivity index (χ4v) is 8.36. The van der Waals surface area contributed by atoms with Gasteiger partial charge < -0.3 is 24.2 Å². The van der Waals surface area contributed by atoms with Crippen LogP contribution in [-0.2, 0) is 42.2 Å². The molecule has 0 rings (SSSR count). The average Bonchev–Trinajstić information content (AvgIpc) is 3.39. The zero-order valence-electron chi connectivity index (χ0n) is 46.8. The number of ether oxygens (including phenoxy) is 3. The van der Waals surface area contributed by atoms with E-state index in [-0.39, 0.29) is 25.9 Å². The molecule has 0 aromatic heterocycles. The molecule has 0 aromatic rings. The summed E-state index contributed by atoms with van der Waals surface area (Å²) >= 11 is 0. The van der Waals surface area contributed by atoms with Gasteiger partial charge in [-0.3, -0.25) is 23.4 Å². The lowest BCUT2D eigenvalue weighted by molar-refractivity contribution is -0.160. The van der Waals surface area contributed by atoms with Crippen molar-refractivity contribution < 1.29 is 52.2 Å². The summed E-state index contributed by atoms with van der Waals surface area (Å²) in [4.78, 5) is 48.5. The fourth-order valence-electron chi connectivity index (χ4n) is 7.57. The third-order valence-corrected chi connectivity index (χ3v) is 12.9. The largest absolute Gasteiger partial charge is 0.472 e. The quantitative estimate of drug-likeness (QED) is 0.0197. The van der Waals surface area contributed by atoms with Crippen molar-refractivity contribution in [3.8, 4) is 0 Å². The minimum atomic E-state index is -4.78. The van der Waals surface area contributed by atoms with Gasteiger partial charge in [-0.25, -0.2) is 4.57 Å². The number of aliphatic hydroxyl groups is 1. The van der Waals surface area contributed by atoms with E-state index in [0.717, 1.165) is 103 Å². The Morgan fingerprint density at radius 2 is 0.757 bits per heavy atom. The predicted octanol–water partition coefficient (Wildman–Crippen LogP) is 17.3. The SMILES string of the molecule is CC/C=C\C/C=C\C/C=C\C/C=C\C/C=C\CC(=O)OC(COC(=O)CCCCCCCCC/C=C\C/C=C\CCCCC)COP(=O)(O)OCC(CO)OC(=O)CCCCCCC/C=C\CCCCCCCC. The van der Waals surface area contributed by atoms with Crippen LogP contribution in [0.5, 0.6) is 0 Å². The molecular formula is C62H105O11P. The van der Waals surface area contributed by atoms with E-state index in [9.17, 15) is 28.9 Å². The molecule has 424 valence electrons. The third-order valence-electron chi connectivity index (χ3n) is 12.0. The molecule has 74 heavy (non-hydrogen) atoms. The van der Waals surface area contributed by atoms with Gasteiger partial charge in [0.15, 0.2) is 6.10 Å². The van der Waals surface area contributed by atoms with Crippen LogP contribution in [0.1, 0.15) is 239 Å². The van der Waals surface area contributed by atoms with Crippen molar-refractivity contribution in [2.24, 2.45) is 0 Å². The van der Waals surface area contributed by atoms with Crippen LogP contribution in [0.3, 0.4) is 0 Å². The summed E-state index contributed by atoms with van der Waals surface area (Å²) in [6, 6.07) is 0. The van der Waals surface area contributed by atoms with Crippen LogP contribution in [0, 0.1) is 0 Å². The Balaban J connectivity index is 4.83. The van der Waals surface area contributed by atoms with E-state index in [4.69, 9.17) is 23.3 Å². The van der Waals surface area contributed by atoms with Crippen LogP contribution in [0.4, 0.5) is 0 Å². The molecule has 0 bridgehead atoms. The van der Waals surface area contributed by atoms with Crippen LogP contribution in [0.15, 0.2) is 97.2 Å². The minimum Gasteiger partial charge on any atom is -0.462 e. The fraction of sp³-hybridized carbons (Fsp3) is 0.694. The van der Waals surface area contributed by atoms with Gasteiger partial charge in [-0.1, -0.05) is 214 Å². The zero-order valence-corrected chi connectivity index (χ0v) is 47.7. The van der Waals surface area contributed by atoms with Gasteiger partial charge in [-0.05, 0) is 103 Å². The molecule has 0 aliphatic carbocycles. The second kappa shape index (κ2) is 55.6. The molecule has 0 aliphatic rings. The summed E-state index contributed by atoms with van der Waals surface area (Å²) in [7, 11) is -4.78. The van der Waals surface area contributed by atoms with Gasteiger partial charge in [0.2, 0.25) is 0 Å². The highest BCUT2D eigenvalue weighted by Crippen LogP contribution is 2.43. The standard InChI is InChI=1S/C62H105O11P/c1-4-7-10-13-16-19-22-25-28-29-32-33-36-39-42-45-48-51-60(64)69-55-59(73-62(66)53-50-47-44-41-38-35-31-27-24-21-18-15-12-9-6-3)57-71-74(67,68)70-56-58(54-63)72-61(65)52-49-46-43-40-37-34-30-26-23-20-17-14-11-8-5-2/h9,12,16,18-19,21,25-28,30-31,38,41,47,50,58-59,63H,4-8,10-11,13-15,17,20,22-24,29,32-37,39-40,42-46,48-49,51-57H2,1-3H3,(H,67,68)/b12-9-,19-16-,21-18-,28-25-,30-26-,31-27-,41-38-,50-47-. The van der Waals surface area contributed by atoms with E-state index < -0.39 is 57.8 Å². The Bertz CT molecular complexity index is 1610. The molecule has 0 spiro atoms. The molecule has 0 aliphatic heterocycles. The number of phosphoric acid groups is 1. The van der Waals surface area contributed by atoms with Crippen LogP contribution in [0.2, 0.25) is 0 Å². The number of rotatable bonds is 53. The molecule has 2 N–H and O–H groups in total. The van der Waals surface area contributed by atoms with Gasteiger partial charge >= 0.3 is 25.7 Å². The van der Waals surface area contributed by atoms with Gasteiger partial charge in [-0.15, -0.1) is 0 Å². The zero-order chi connectivity index (χ0) is 54.1. The van der Waals surface area contributed by atoms with Crippen molar-refractivity contribution in [1.82, 2.24) is 0 Å². The van der Waals surface area contributed by atoms with Crippen molar-refractivity contribution in [1.29, 1.82) is 0 Å². The van der Waals surface area contributed by atoms with Gasteiger partial charge in [-0.2, -0.15) is 0 Å². The van der Waals surface area contributed by atoms with Crippen molar-refractivity contribution in [2.75, 3.05) is 26.4 Å². The van der Waals surface area contributed by atoms with Crippen LogP contribution in [-0.4, -0.2) is 66.5 Å². The molecule has 3 atom stereocenters. The summed E-state index contributed by atoms with van der Waals surface area (Å²) in [6.07, 6.45) is 65.4. The third kappa shape index (κ3) is 53.2. The molecular weight excluding hydrogens is 952 g/mol. The first-order valence-corrected chi connectivity index (χ1v) is 30.6. The molecule has 0 heterocycles. The number of carbonyl (C=O) groups excluding carboxylic acids is 3. The highest BCUT2D eigenvalue weighted by molar-refractivity contribution is 7.47. The van der Waals surface area contributed by atoms with Gasteiger partial charge in [0.05, 0.1) is 26.2 Å². The van der Waals surface area contributed by atoms with Crippen LogP contribution < -0.4 is 0 Å². The Hall–Kier alpha value is -3.60. The van der Waals surface area contributed by atoms with Gasteiger partial charge in [0.1, 0.15) is 12.7 Å². The van der Waals surface area contributed by atoms with Crippen LogP contribution in [0.25, 0.3) is 0 Å². The smallest absolute Gasteiger partial charge is 0.462 e. The van der Waals surface area contributed by atoms with Crippen molar-refractivity contribution in [2.45, 2.75) is 251 Å². The first kappa shape index (κ1) is 70.4. The van der Waals surface area contributed by atoms with E-state index in [0.29, 0.717) is 19.3 Å². The number of carbonyl (C=O) groups is 3. The summed E-state index contributed by atoms with van der Waals surface area (Å²) in [5, 5.41) is 9.81. The number of phosphoric ester groups is 1. The monoisotopic (exact) mass is 1060 g/mol. The van der Waals surface area contributed by atoms with E-state index in [1.807, 2.05) is 18.2 Å². The number of allylic oxidation sites excluding steroid dienone is 15. The van der Waals surface area contributed by atoms with E-state index >= 15 is 0 Å².